The van der Waals surface area contributed by atoms with Crippen LogP contribution < -0.4 is 5.32 Å². The fraction of sp³-hybridized carbons (Fsp3) is 0.929. The lowest BCUT2D eigenvalue weighted by atomic mass is 9.70. The minimum Gasteiger partial charge on any atom is -0.356 e. The number of unbranched alkanes of at least 4 members (excludes halogenated alkanes) is 1. The predicted octanol–water partition coefficient (Wildman–Crippen LogP) is 3.65. The summed E-state index contributed by atoms with van der Waals surface area (Å²) in [5, 5.41) is 3.14. The quantitative estimate of drug-likeness (QED) is 0.687. The molecule has 1 amide bonds. The summed E-state index contributed by atoms with van der Waals surface area (Å²) >= 11 is 0. The second kappa shape index (κ2) is 6.93. The maximum absolute atomic E-state index is 12.3. The van der Waals surface area contributed by atoms with Crippen LogP contribution in [0.5, 0.6) is 0 Å². The van der Waals surface area contributed by atoms with Crippen LogP contribution in [0.15, 0.2) is 0 Å². The summed E-state index contributed by atoms with van der Waals surface area (Å²) in [7, 11) is 0. The summed E-state index contributed by atoms with van der Waals surface area (Å²) in [6.45, 7) is 5.21. The maximum atomic E-state index is 12.3. The average molecular weight is 225 g/mol. The molecule has 16 heavy (non-hydrogen) atoms. The lowest BCUT2D eigenvalue weighted by Gasteiger charge is -2.35. The van der Waals surface area contributed by atoms with Crippen molar-refractivity contribution in [1.29, 1.82) is 0 Å². The van der Waals surface area contributed by atoms with Gasteiger partial charge >= 0.3 is 0 Å². The SMILES string of the molecule is CCCCNC(=O)C1(CCC)CCCCC1. The normalized spacial score (nSPS) is 19.4. The number of rotatable bonds is 6. The van der Waals surface area contributed by atoms with Gasteiger partial charge in [-0.3, -0.25) is 4.79 Å². The summed E-state index contributed by atoms with van der Waals surface area (Å²) < 4.78 is 0. The fourth-order valence-electron chi connectivity index (χ4n) is 2.86. The van der Waals surface area contributed by atoms with Crippen LogP contribution in [0.2, 0.25) is 0 Å². The molecule has 2 nitrogen and oxygen atoms in total. The molecule has 0 unspecified atom stereocenters. The highest BCUT2D eigenvalue weighted by Crippen LogP contribution is 2.40. The molecule has 1 fully saturated rings. The Kier molecular flexibility index (Phi) is 5.86. The first kappa shape index (κ1) is 13.5. The molecular formula is C14H27NO. The average Bonchev–Trinajstić information content (AvgIpc) is 2.31. The zero-order valence-corrected chi connectivity index (χ0v) is 11.0. The zero-order valence-electron chi connectivity index (χ0n) is 11.0. The molecule has 0 aliphatic heterocycles. The molecule has 2 heteroatoms. The van der Waals surface area contributed by atoms with Gasteiger partial charge in [0.05, 0.1) is 0 Å². The molecule has 1 aliphatic carbocycles. The summed E-state index contributed by atoms with van der Waals surface area (Å²) in [5.41, 5.74) is -0.0132. The van der Waals surface area contributed by atoms with Gasteiger partial charge in [-0.15, -0.1) is 0 Å². The van der Waals surface area contributed by atoms with E-state index in [4.69, 9.17) is 0 Å². The van der Waals surface area contributed by atoms with Crippen LogP contribution in [-0.2, 0) is 4.79 Å². The minimum atomic E-state index is -0.0132. The Bertz CT molecular complexity index is 201. The molecule has 1 aliphatic rings. The van der Waals surface area contributed by atoms with Crippen LogP contribution in [-0.4, -0.2) is 12.5 Å². The Morgan fingerprint density at radius 3 is 2.38 bits per heavy atom. The molecule has 94 valence electrons. The molecule has 0 saturated heterocycles. The van der Waals surface area contributed by atoms with Gasteiger partial charge in [0.1, 0.15) is 0 Å². The van der Waals surface area contributed by atoms with Crippen molar-refractivity contribution in [1.82, 2.24) is 5.32 Å². The first-order valence-electron chi connectivity index (χ1n) is 7.03. The van der Waals surface area contributed by atoms with Crippen LogP contribution in [0.1, 0.15) is 71.6 Å². The molecule has 1 saturated carbocycles. The molecular weight excluding hydrogens is 198 g/mol. The Balaban J connectivity index is 2.50. The van der Waals surface area contributed by atoms with E-state index in [1.807, 2.05) is 0 Å². The van der Waals surface area contributed by atoms with Crippen molar-refractivity contribution in [3.8, 4) is 0 Å². The Morgan fingerprint density at radius 1 is 1.12 bits per heavy atom. The van der Waals surface area contributed by atoms with E-state index < -0.39 is 0 Å². The van der Waals surface area contributed by atoms with Gasteiger partial charge in [-0.25, -0.2) is 0 Å². The minimum absolute atomic E-state index is 0.0132. The number of carbonyl (C=O) groups excluding carboxylic acids is 1. The monoisotopic (exact) mass is 225 g/mol. The zero-order chi connectivity index (χ0) is 11.9. The largest absolute Gasteiger partial charge is 0.356 e. The van der Waals surface area contributed by atoms with Gasteiger partial charge in [0.25, 0.3) is 0 Å². The highest BCUT2D eigenvalue weighted by atomic mass is 16.2. The molecule has 0 aromatic rings. The van der Waals surface area contributed by atoms with E-state index >= 15 is 0 Å². The topological polar surface area (TPSA) is 29.1 Å². The first-order chi connectivity index (χ1) is 7.75. The van der Waals surface area contributed by atoms with E-state index in [1.54, 1.807) is 0 Å². The van der Waals surface area contributed by atoms with Gasteiger partial charge in [0.2, 0.25) is 5.91 Å². The summed E-state index contributed by atoms with van der Waals surface area (Å²) in [5.74, 6) is 0.336. The highest BCUT2D eigenvalue weighted by Gasteiger charge is 2.37. The van der Waals surface area contributed by atoms with Gasteiger partial charge in [0.15, 0.2) is 0 Å². The van der Waals surface area contributed by atoms with Crippen molar-refractivity contribution in [2.24, 2.45) is 5.41 Å². The molecule has 0 bridgehead atoms. The molecule has 0 heterocycles. The van der Waals surface area contributed by atoms with Gasteiger partial charge in [-0.1, -0.05) is 46.0 Å². The van der Waals surface area contributed by atoms with E-state index in [0.717, 1.165) is 45.1 Å². The number of carbonyl (C=O) groups is 1. The summed E-state index contributed by atoms with van der Waals surface area (Å²) in [6, 6.07) is 0. The molecule has 0 aromatic heterocycles. The number of amides is 1. The Labute approximate surface area is 100 Å². The van der Waals surface area contributed by atoms with Crippen molar-refractivity contribution in [2.45, 2.75) is 71.6 Å². The second-order valence-corrected chi connectivity index (χ2v) is 5.20. The fourth-order valence-corrected chi connectivity index (χ4v) is 2.86. The van der Waals surface area contributed by atoms with Crippen LogP contribution in [0.4, 0.5) is 0 Å². The summed E-state index contributed by atoms with van der Waals surface area (Å²) in [4.78, 5) is 12.3. The van der Waals surface area contributed by atoms with Crippen molar-refractivity contribution in [2.75, 3.05) is 6.54 Å². The number of nitrogens with one attached hydrogen (secondary N) is 1. The van der Waals surface area contributed by atoms with Gasteiger partial charge in [-0.05, 0) is 25.7 Å². The van der Waals surface area contributed by atoms with Crippen LogP contribution >= 0.6 is 0 Å². The Hall–Kier alpha value is -0.530. The number of hydrogen-bond donors (Lipinski definition) is 1. The standard InChI is InChI=1S/C14H27NO/c1-3-5-12-15-13(16)14(9-4-2)10-7-6-8-11-14/h3-12H2,1-2H3,(H,15,16). The van der Waals surface area contributed by atoms with Gasteiger partial charge in [-0.2, -0.15) is 0 Å². The summed E-state index contributed by atoms with van der Waals surface area (Å²) in [6.07, 6.45) is 10.5. The second-order valence-electron chi connectivity index (χ2n) is 5.20. The van der Waals surface area contributed by atoms with Gasteiger partial charge in [0, 0.05) is 12.0 Å². The predicted molar refractivity (Wildman–Crippen MR) is 68.3 cm³/mol. The highest BCUT2D eigenvalue weighted by molar-refractivity contribution is 5.82. The van der Waals surface area contributed by atoms with Crippen LogP contribution in [0, 0.1) is 5.41 Å². The molecule has 1 rings (SSSR count). The van der Waals surface area contributed by atoms with Crippen molar-refractivity contribution in [3.63, 3.8) is 0 Å². The van der Waals surface area contributed by atoms with E-state index in [9.17, 15) is 4.79 Å². The maximum Gasteiger partial charge on any atom is 0.226 e. The molecule has 0 aromatic carbocycles. The third-order valence-corrected chi connectivity index (χ3v) is 3.84. The van der Waals surface area contributed by atoms with E-state index in [1.165, 1.54) is 19.3 Å². The van der Waals surface area contributed by atoms with E-state index in [-0.39, 0.29) is 5.41 Å². The molecule has 1 N–H and O–H groups in total. The van der Waals surface area contributed by atoms with Crippen LogP contribution in [0.25, 0.3) is 0 Å². The third-order valence-electron chi connectivity index (χ3n) is 3.84. The van der Waals surface area contributed by atoms with Crippen molar-refractivity contribution >= 4 is 5.91 Å². The number of hydrogen-bond acceptors (Lipinski definition) is 1. The van der Waals surface area contributed by atoms with Crippen LogP contribution in [0.3, 0.4) is 0 Å². The Morgan fingerprint density at radius 2 is 1.81 bits per heavy atom. The van der Waals surface area contributed by atoms with Crippen molar-refractivity contribution < 1.29 is 4.79 Å². The lowest BCUT2D eigenvalue weighted by molar-refractivity contribution is -0.133. The van der Waals surface area contributed by atoms with E-state index in [2.05, 4.69) is 19.2 Å². The molecule has 0 radical (unpaired) electrons. The lowest BCUT2D eigenvalue weighted by Crippen LogP contribution is -2.42. The third kappa shape index (κ3) is 3.50. The smallest absolute Gasteiger partial charge is 0.226 e. The van der Waals surface area contributed by atoms with Crippen molar-refractivity contribution in [3.05, 3.63) is 0 Å². The van der Waals surface area contributed by atoms with E-state index in [0.29, 0.717) is 5.91 Å². The molecule has 0 spiro atoms. The molecule has 0 atom stereocenters. The van der Waals surface area contributed by atoms with Gasteiger partial charge < -0.3 is 5.32 Å². The first-order valence-corrected chi connectivity index (χ1v) is 7.03.